The lowest BCUT2D eigenvalue weighted by atomic mass is 10.0. The van der Waals surface area contributed by atoms with Crippen LogP contribution >= 0.6 is 11.6 Å². The highest BCUT2D eigenvalue weighted by molar-refractivity contribution is 6.29. The van der Waals surface area contributed by atoms with Crippen LogP contribution in [0.3, 0.4) is 0 Å². The number of carbonyl (C=O) groups is 1. The second-order valence-electron chi connectivity index (χ2n) is 4.26. The van der Waals surface area contributed by atoms with Crippen LogP contribution in [0.5, 0.6) is 0 Å². The standard InChI is InChI=1S/C12H16ClN3O/c1-8-9(5-6-11(13)15-8)16-12(17)10-4-2-3-7-14-10/h5-6,10,14H,2-4,7H2,1H3,(H,16,17). The molecule has 4 nitrogen and oxygen atoms in total. The first-order valence-electron chi connectivity index (χ1n) is 5.84. The van der Waals surface area contributed by atoms with E-state index in [1.807, 2.05) is 6.92 Å². The number of piperidine rings is 1. The quantitative estimate of drug-likeness (QED) is 0.794. The number of rotatable bonds is 2. The zero-order chi connectivity index (χ0) is 12.3. The van der Waals surface area contributed by atoms with Crippen molar-refractivity contribution in [2.24, 2.45) is 0 Å². The third-order valence-electron chi connectivity index (χ3n) is 2.94. The van der Waals surface area contributed by atoms with E-state index in [9.17, 15) is 4.79 Å². The fourth-order valence-corrected chi connectivity index (χ4v) is 2.15. The molecule has 1 amide bonds. The molecule has 1 aromatic rings. The molecule has 1 fully saturated rings. The van der Waals surface area contributed by atoms with Crippen LogP contribution in [0.15, 0.2) is 12.1 Å². The van der Waals surface area contributed by atoms with Gasteiger partial charge in [-0.25, -0.2) is 4.98 Å². The Balaban J connectivity index is 2.02. The van der Waals surface area contributed by atoms with Gasteiger partial charge in [-0.05, 0) is 38.4 Å². The Kier molecular flexibility index (Phi) is 3.97. The molecule has 0 spiro atoms. The number of aryl methyl sites for hydroxylation is 1. The maximum atomic E-state index is 12.0. The summed E-state index contributed by atoms with van der Waals surface area (Å²) < 4.78 is 0. The molecule has 0 saturated carbocycles. The molecule has 2 rings (SSSR count). The Bertz CT molecular complexity index is 416. The molecule has 0 aromatic carbocycles. The first kappa shape index (κ1) is 12.3. The number of aromatic nitrogens is 1. The van der Waals surface area contributed by atoms with Crippen molar-refractivity contribution in [1.29, 1.82) is 0 Å². The van der Waals surface area contributed by atoms with Crippen LogP contribution in [0.25, 0.3) is 0 Å². The topological polar surface area (TPSA) is 54.0 Å². The molecule has 5 heteroatoms. The van der Waals surface area contributed by atoms with Gasteiger partial charge >= 0.3 is 0 Å². The molecule has 1 aliphatic heterocycles. The Morgan fingerprint density at radius 2 is 2.35 bits per heavy atom. The van der Waals surface area contributed by atoms with Gasteiger partial charge in [0, 0.05) is 0 Å². The Hall–Kier alpha value is -1.13. The zero-order valence-corrected chi connectivity index (χ0v) is 10.5. The highest BCUT2D eigenvalue weighted by Gasteiger charge is 2.20. The van der Waals surface area contributed by atoms with Crippen LogP contribution in [-0.4, -0.2) is 23.5 Å². The average molecular weight is 254 g/mol. The Morgan fingerprint density at radius 3 is 3.00 bits per heavy atom. The molecule has 0 radical (unpaired) electrons. The first-order valence-corrected chi connectivity index (χ1v) is 6.22. The monoisotopic (exact) mass is 253 g/mol. The summed E-state index contributed by atoms with van der Waals surface area (Å²) in [6, 6.07) is 3.38. The number of amides is 1. The van der Waals surface area contributed by atoms with Crippen LogP contribution in [-0.2, 0) is 4.79 Å². The molecular formula is C12H16ClN3O. The molecule has 17 heavy (non-hydrogen) atoms. The number of hydrogen-bond donors (Lipinski definition) is 2. The third-order valence-corrected chi connectivity index (χ3v) is 3.15. The van der Waals surface area contributed by atoms with E-state index in [0.717, 1.165) is 37.2 Å². The molecule has 1 atom stereocenters. The van der Waals surface area contributed by atoms with Gasteiger partial charge in [0.1, 0.15) is 5.15 Å². The van der Waals surface area contributed by atoms with Crippen LogP contribution in [0.1, 0.15) is 25.0 Å². The van der Waals surface area contributed by atoms with Gasteiger partial charge in [-0.3, -0.25) is 4.79 Å². The van der Waals surface area contributed by atoms with Crippen molar-refractivity contribution < 1.29 is 4.79 Å². The number of carbonyl (C=O) groups excluding carboxylic acids is 1. The minimum absolute atomic E-state index is 0.0110. The summed E-state index contributed by atoms with van der Waals surface area (Å²) >= 11 is 5.77. The van der Waals surface area contributed by atoms with E-state index in [0.29, 0.717) is 5.15 Å². The largest absolute Gasteiger partial charge is 0.323 e. The maximum Gasteiger partial charge on any atom is 0.241 e. The fraction of sp³-hybridized carbons (Fsp3) is 0.500. The van der Waals surface area contributed by atoms with Crippen molar-refractivity contribution >= 4 is 23.2 Å². The lowest BCUT2D eigenvalue weighted by Crippen LogP contribution is -2.43. The van der Waals surface area contributed by atoms with E-state index in [1.165, 1.54) is 0 Å². The van der Waals surface area contributed by atoms with Gasteiger partial charge in [-0.2, -0.15) is 0 Å². The van der Waals surface area contributed by atoms with Gasteiger partial charge < -0.3 is 10.6 Å². The molecular weight excluding hydrogens is 238 g/mol. The second-order valence-corrected chi connectivity index (χ2v) is 4.65. The SMILES string of the molecule is Cc1nc(Cl)ccc1NC(=O)C1CCCCN1. The second kappa shape index (κ2) is 5.47. The molecule has 92 valence electrons. The molecule has 2 heterocycles. The van der Waals surface area contributed by atoms with Crippen LogP contribution in [0, 0.1) is 6.92 Å². The Morgan fingerprint density at radius 1 is 1.53 bits per heavy atom. The molecule has 1 saturated heterocycles. The van der Waals surface area contributed by atoms with Crippen molar-refractivity contribution in [3.8, 4) is 0 Å². The highest BCUT2D eigenvalue weighted by Crippen LogP contribution is 2.17. The minimum atomic E-state index is -0.0844. The third kappa shape index (κ3) is 3.17. The van der Waals surface area contributed by atoms with Gasteiger partial charge in [0.2, 0.25) is 5.91 Å². The molecule has 1 aliphatic rings. The average Bonchev–Trinajstić information content (AvgIpc) is 2.34. The number of nitrogens with zero attached hydrogens (tertiary/aromatic N) is 1. The summed E-state index contributed by atoms with van der Waals surface area (Å²) in [5, 5.41) is 6.54. The van der Waals surface area contributed by atoms with Crippen LogP contribution < -0.4 is 10.6 Å². The summed E-state index contributed by atoms with van der Waals surface area (Å²) in [6.07, 6.45) is 3.14. The number of pyridine rings is 1. The van der Waals surface area contributed by atoms with Gasteiger partial charge in [0.25, 0.3) is 0 Å². The van der Waals surface area contributed by atoms with E-state index in [1.54, 1.807) is 12.1 Å². The molecule has 1 aromatic heterocycles. The zero-order valence-electron chi connectivity index (χ0n) is 9.79. The minimum Gasteiger partial charge on any atom is -0.323 e. The van der Waals surface area contributed by atoms with E-state index < -0.39 is 0 Å². The predicted molar refractivity (Wildman–Crippen MR) is 68.3 cm³/mol. The van der Waals surface area contributed by atoms with Gasteiger partial charge in [-0.15, -0.1) is 0 Å². The van der Waals surface area contributed by atoms with Crippen molar-refractivity contribution in [2.75, 3.05) is 11.9 Å². The fourth-order valence-electron chi connectivity index (χ4n) is 1.96. The van der Waals surface area contributed by atoms with Gasteiger partial charge in [0.15, 0.2) is 0 Å². The smallest absolute Gasteiger partial charge is 0.241 e. The van der Waals surface area contributed by atoms with E-state index >= 15 is 0 Å². The Labute approximate surface area is 106 Å². The summed E-state index contributed by atoms with van der Waals surface area (Å²) in [7, 11) is 0. The molecule has 2 N–H and O–H groups in total. The first-order chi connectivity index (χ1) is 8.16. The van der Waals surface area contributed by atoms with Crippen molar-refractivity contribution in [3.63, 3.8) is 0 Å². The lowest BCUT2D eigenvalue weighted by molar-refractivity contribution is -0.118. The lowest BCUT2D eigenvalue weighted by Gasteiger charge is -2.22. The number of hydrogen-bond acceptors (Lipinski definition) is 3. The van der Waals surface area contributed by atoms with Crippen molar-refractivity contribution in [2.45, 2.75) is 32.2 Å². The van der Waals surface area contributed by atoms with Crippen LogP contribution in [0.2, 0.25) is 5.15 Å². The van der Waals surface area contributed by atoms with Gasteiger partial charge in [0.05, 0.1) is 17.4 Å². The molecule has 0 aliphatic carbocycles. The number of halogens is 1. The molecule has 0 bridgehead atoms. The summed E-state index contributed by atoms with van der Waals surface area (Å²) in [4.78, 5) is 16.1. The number of anilines is 1. The predicted octanol–water partition coefficient (Wildman–Crippen LogP) is 2.12. The van der Waals surface area contributed by atoms with Crippen molar-refractivity contribution in [3.05, 3.63) is 23.0 Å². The summed E-state index contributed by atoms with van der Waals surface area (Å²) in [5.41, 5.74) is 1.47. The van der Waals surface area contributed by atoms with E-state index in [-0.39, 0.29) is 11.9 Å². The maximum absolute atomic E-state index is 12.0. The van der Waals surface area contributed by atoms with Crippen LogP contribution in [0.4, 0.5) is 5.69 Å². The highest BCUT2D eigenvalue weighted by atomic mass is 35.5. The van der Waals surface area contributed by atoms with Crippen molar-refractivity contribution in [1.82, 2.24) is 10.3 Å². The summed E-state index contributed by atoms with van der Waals surface area (Å²) in [6.45, 7) is 2.74. The van der Waals surface area contributed by atoms with E-state index in [4.69, 9.17) is 11.6 Å². The normalized spacial score (nSPS) is 20.0. The van der Waals surface area contributed by atoms with E-state index in [2.05, 4.69) is 15.6 Å². The number of nitrogens with one attached hydrogen (secondary N) is 2. The summed E-state index contributed by atoms with van der Waals surface area (Å²) in [5.74, 6) is 0.0110. The van der Waals surface area contributed by atoms with Gasteiger partial charge in [-0.1, -0.05) is 18.0 Å². The molecule has 1 unspecified atom stereocenters.